The molecular weight excluding hydrogens is 283 g/mol. The highest BCUT2D eigenvalue weighted by Gasteiger charge is 2.22. The van der Waals surface area contributed by atoms with Crippen molar-refractivity contribution < 1.29 is 8.42 Å². The molecular formula is C10H12Cl2N2O2S. The van der Waals surface area contributed by atoms with Crippen molar-refractivity contribution in [3.8, 4) is 0 Å². The van der Waals surface area contributed by atoms with E-state index in [1.807, 2.05) is 4.90 Å². The second-order valence-corrected chi connectivity index (χ2v) is 7.09. The van der Waals surface area contributed by atoms with E-state index in [1.165, 1.54) is 0 Å². The van der Waals surface area contributed by atoms with Crippen molar-refractivity contribution in [2.75, 3.05) is 24.6 Å². The van der Waals surface area contributed by atoms with Crippen LogP contribution in [0.5, 0.6) is 0 Å². The van der Waals surface area contributed by atoms with Gasteiger partial charge >= 0.3 is 0 Å². The molecule has 94 valence electrons. The Kier molecular flexibility index (Phi) is 3.92. The minimum Gasteiger partial charge on any atom is -0.295 e. The maximum Gasteiger partial charge on any atom is 0.152 e. The molecule has 2 rings (SSSR count). The smallest absolute Gasteiger partial charge is 0.152 e. The summed E-state index contributed by atoms with van der Waals surface area (Å²) in [7, 11) is -2.85. The predicted molar refractivity (Wildman–Crippen MR) is 68.2 cm³/mol. The molecule has 0 unspecified atom stereocenters. The largest absolute Gasteiger partial charge is 0.295 e. The first-order valence-corrected chi connectivity index (χ1v) is 7.78. The monoisotopic (exact) mass is 294 g/mol. The van der Waals surface area contributed by atoms with E-state index in [0.29, 0.717) is 35.5 Å². The third-order valence-electron chi connectivity index (χ3n) is 2.70. The normalized spacial score (nSPS) is 20.4. The van der Waals surface area contributed by atoms with Gasteiger partial charge in [0.15, 0.2) is 9.84 Å². The van der Waals surface area contributed by atoms with Crippen LogP contribution in [-0.2, 0) is 16.4 Å². The van der Waals surface area contributed by atoms with Gasteiger partial charge in [-0.1, -0.05) is 23.2 Å². The van der Waals surface area contributed by atoms with Crippen LogP contribution in [0.3, 0.4) is 0 Å². The maximum atomic E-state index is 11.3. The number of sulfone groups is 1. The van der Waals surface area contributed by atoms with Crippen molar-refractivity contribution in [2.45, 2.75) is 6.54 Å². The van der Waals surface area contributed by atoms with Crippen LogP contribution in [0.4, 0.5) is 0 Å². The highest BCUT2D eigenvalue weighted by Crippen LogP contribution is 2.19. The molecule has 7 heteroatoms. The third kappa shape index (κ3) is 3.55. The maximum absolute atomic E-state index is 11.3. The first kappa shape index (κ1) is 13.1. The fourth-order valence-corrected chi connectivity index (χ4v) is 3.30. The SMILES string of the molecule is O=S1(=O)CCN(Cc2nc(Cl)ccc2Cl)CC1. The van der Waals surface area contributed by atoms with Crippen molar-refractivity contribution in [1.82, 2.24) is 9.88 Å². The van der Waals surface area contributed by atoms with Crippen molar-refractivity contribution >= 4 is 33.0 Å². The first-order valence-electron chi connectivity index (χ1n) is 5.20. The molecule has 0 aliphatic carbocycles. The van der Waals surface area contributed by atoms with Crippen LogP contribution in [0.1, 0.15) is 5.69 Å². The Hall–Kier alpha value is -0.360. The molecule has 0 atom stereocenters. The molecule has 17 heavy (non-hydrogen) atoms. The van der Waals surface area contributed by atoms with Gasteiger partial charge in [0.1, 0.15) is 5.15 Å². The number of hydrogen-bond acceptors (Lipinski definition) is 4. The summed E-state index contributed by atoms with van der Waals surface area (Å²) in [5.41, 5.74) is 0.693. The van der Waals surface area contributed by atoms with E-state index >= 15 is 0 Å². The van der Waals surface area contributed by atoms with Gasteiger partial charge < -0.3 is 0 Å². The minimum atomic E-state index is -2.85. The highest BCUT2D eigenvalue weighted by molar-refractivity contribution is 7.91. The molecule has 1 saturated heterocycles. The number of rotatable bonds is 2. The van der Waals surface area contributed by atoms with E-state index in [4.69, 9.17) is 23.2 Å². The van der Waals surface area contributed by atoms with E-state index < -0.39 is 9.84 Å². The zero-order valence-electron chi connectivity index (χ0n) is 9.07. The van der Waals surface area contributed by atoms with Crippen molar-refractivity contribution in [2.24, 2.45) is 0 Å². The molecule has 1 aliphatic heterocycles. The van der Waals surface area contributed by atoms with Crippen LogP contribution in [-0.4, -0.2) is 42.9 Å². The van der Waals surface area contributed by atoms with Gasteiger partial charge in [-0.3, -0.25) is 4.90 Å². The van der Waals surface area contributed by atoms with Gasteiger partial charge in [-0.2, -0.15) is 0 Å². The predicted octanol–water partition coefficient (Wildman–Crippen LogP) is 1.62. The lowest BCUT2D eigenvalue weighted by Gasteiger charge is -2.26. The first-order chi connectivity index (χ1) is 7.96. The second-order valence-electron chi connectivity index (χ2n) is 3.99. The van der Waals surface area contributed by atoms with Crippen LogP contribution in [0, 0.1) is 0 Å². The van der Waals surface area contributed by atoms with Gasteiger partial charge in [-0.15, -0.1) is 0 Å². The summed E-state index contributed by atoms with van der Waals surface area (Å²) in [5, 5.41) is 0.955. The van der Waals surface area contributed by atoms with Gasteiger partial charge in [-0.05, 0) is 12.1 Å². The van der Waals surface area contributed by atoms with E-state index in [1.54, 1.807) is 12.1 Å². The second kappa shape index (κ2) is 5.10. The topological polar surface area (TPSA) is 50.3 Å². The van der Waals surface area contributed by atoms with Crippen molar-refractivity contribution in [3.63, 3.8) is 0 Å². The lowest BCUT2D eigenvalue weighted by atomic mass is 10.3. The molecule has 1 fully saturated rings. The standard InChI is InChI=1S/C10H12Cl2N2O2S/c11-8-1-2-10(12)13-9(8)7-14-3-5-17(15,16)6-4-14/h1-2H,3-7H2. The van der Waals surface area contributed by atoms with E-state index in [2.05, 4.69) is 4.98 Å². The average Bonchev–Trinajstić information content (AvgIpc) is 2.26. The Morgan fingerprint density at radius 2 is 1.88 bits per heavy atom. The molecule has 1 aromatic heterocycles. The molecule has 2 heterocycles. The van der Waals surface area contributed by atoms with E-state index in [-0.39, 0.29) is 11.5 Å². The van der Waals surface area contributed by atoms with E-state index in [9.17, 15) is 8.42 Å². The summed E-state index contributed by atoms with van der Waals surface area (Å²) < 4.78 is 22.6. The summed E-state index contributed by atoms with van der Waals surface area (Å²) in [6.07, 6.45) is 0. The summed E-state index contributed by atoms with van der Waals surface area (Å²) in [4.78, 5) is 6.16. The lowest BCUT2D eigenvalue weighted by molar-refractivity contribution is 0.284. The number of halogens is 2. The Labute approximate surface area is 110 Å². The molecule has 0 amide bonds. The van der Waals surface area contributed by atoms with Crippen LogP contribution in [0.25, 0.3) is 0 Å². The number of pyridine rings is 1. The fraction of sp³-hybridized carbons (Fsp3) is 0.500. The number of nitrogens with zero attached hydrogens (tertiary/aromatic N) is 2. The molecule has 1 aliphatic rings. The van der Waals surface area contributed by atoms with E-state index in [0.717, 1.165) is 0 Å². The third-order valence-corrected chi connectivity index (χ3v) is 4.86. The van der Waals surface area contributed by atoms with Gasteiger partial charge in [0.25, 0.3) is 0 Å². The van der Waals surface area contributed by atoms with Gasteiger partial charge in [0.2, 0.25) is 0 Å². The van der Waals surface area contributed by atoms with Gasteiger partial charge in [0.05, 0.1) is 22.2 Å². The minimum absolute atomic E-state index is 0.200. The summed E-state index contributed by atoms with van der Waals surface area (Å²) >= 11 is 11.8. The van der Waals surface area contributed by atoms with Gasteiger partial charge in [-0.25, -0.2) is 13.4 Å². The fourth-order valence-electron chi connectivity index (χ4n) is 1.69. The molecule has 4 nitrogen and oxygen atoms in total. The molecule has 1 aromatic rings. The summed E-state index contributed by atoms with van der Waals surface area (Å²) in [5.74, 6) is 0.399. The van der Waals surface area contributed by atoms with Crippen LogP contribution in [0.15, 0.2) is 12.1 Å². The van der Waals surface area contributed by atoms with Crippen molar-refractivity contribution in [1.29, 1.82) is 0 Å². The summed E-state index contributed by atoms with van der Waals surface area (Å²) in [6, 6.07) is 3.33. The average molecular weight is 295 g/mol. The van der Waals surface area contributed by atoms with Gasteiger partial charge in [0, 0.05) is 19.6 Å². The molecule has 0 bridgehead atoms. The van der Waals surface area contributed by atoms with Crippen LogP contribution in [0.2, 0.25) is 10.2 Å². The lowest BCUT2D eigenvalue weighted by Crippen LogP contribution is -2.39. The zero-order valence-corrected chi connectivity index (χ0v) is 11.4. The van der Waals surface area contributed by atoms with Crippen LogP contribution < -0.4 is 0 Å². The zero-order chi connectivity index (χ0) is 12.5. The highest BCUT2D eigenvalue weighted by atomic mass is 35.5. The number of hydrogen-bond donors (Lipinski definition) is 0. The number of aromatic nitrogens is 1. The molecule has 0 aromatic carbocycles. The summed E-state index contributed by atoms with van der Waals surface area (Å²) in [6.45, 7) is 1.58. The molecule has 0 N–H and O–H groups in total. The Bertz CT molecular complexity index is 505. The Morgan fingerprint density at radius 1 is 1.24 bits per heavy atom. The Morgan fingerprint density at radius 3 is 2.53 bits per heavy atom. The molecule has 0 radical (unpaired) electrons. The molecule has 0 spiro atoms. The quantitative estimate of drug-likeness (QED) is 0.778. The Balaban J connectivity index is 2.05. The van der Waals surface area contributed by atoms with Crippen LogP contribution >= 0.6 is 23.2 Å². The van der Waals surface area contributed by atoms with Crippen molar-refractivity contribution in [3.05, 3.63) is 28.0 Å². The molecule has 0 saturated carbocycles.